The summed E-state index contributed by atoms with van der Waals surface area (Å²) in [5, 5.41) is 0. The summed E-state index contributed by atoms with van der Waals surface area (Å²) >= 11 is 0. The van der Waals surface area contributed by atoms with Gasteiger partial charge in [0.15, 0.2) is 23.2 Å². The molecule has 108 valence electrons. The highest BCUT2D eigenvalue weighted by Crippen LogP contribution is 2.39. The summed E-state index contributed by atoms with van der Waals surface area (Å²) in [5.41, 5.74) is -0.321. The average molecular weight is 283 g/mol. The van der Waals surface area contributed by atoms with Gasteiger partial charge in [-0.05, 0) is 44.9 Å². The molecule has 2 heterocycles. The molecule has 0 amide bonds. The summed E-state index contributed by atoms with van der Waals surface area (Å²) in [6.45, 7) is 0. The fraction of sp³-hybridized carbons (Fsp3) is 0.533. The minimum absolute atomic E-state index is 0.289. The summed E-state index contributed by atoms with van der Waals surface area (Å²) in [6, 6.07) is 2.55. The van der Waals surface area contributed by atoms with Crippen LogP contribution in [0.3, 0.4) is 0 Å². The Hall–Kier alpha value is -1.36. The second-order valence-corrected chi connectivity index (χ2v) is 5.81. The molecule has 5 heteroatoms. The molecule has 2 nitrogen and oxygen atoms in total. The Morgan fingerprint density at radius 3 is 2.30 bits per heavy atom. The molecule has 20 heavy (non-hydrogen) atoms. The summed E-state index contributed by atoms with van der Waals surface area (Å²) in [7, 11) is 2.04. The Bertz CT molecular complexity index is 546. The minimum atomic E-state index is -1.56. The van der Waals surface area contributed by atoms with Crippen molar-refractivity contribution in [3.05, 3.63) is 35.1 Å². The molecule has 1 aromatic carbocycles. The fourth-order valence-corrected chi connectivity index (χ4v) is 3.56. The van der Waals surface area contributed by atoms with Crippen LogP contribution in [-0.4, -0.2) is 29.8 Å². The van der Waals surface area contributed by atoms with E-state index in [1.54, 1.807) is 0 Å². The highest BCUT2D eigenvalue weighted by atomic mass is 19.2. The van der Waals surface area contributed by atoms with Gasteiger partial charge >= 0.3 is 0 Å². The zero-order chi connectivity index (χ0) is 14.4. The third-order valence-electron chi connectivity index (χ3n) is 4.77. The lowest BCUT2D eigenvalue weighted by Crippen LogP contribution is -2.42. The van der Waals surface area contributed by atoms with E-state index in [0.717, 1.165) is 25.0 Å². The number of Topliss-reactive ketones (excluding diaryl/α,β-unsaturated/α-hetero) is 1. The summed E-state index contributed by atoms with van der Waals surface area (Å²) < 4.78 is 39.9. The smallest absolute Gasteiger partial charge is 0.195 e. The third-order valence-corrected chi connectivity index (χ3v) is 4.77. The van der Waals surface area contributed by atoms with Crippen molar-refractivity contribution < 1.29 is 18.0 Å². The topological polar surface area (TPSA) is 20.3 Å². The van der Waals surface area contributed by atoms with E-state index in [1.165, 1.54) is 0 Å². The van der Waals surface area contributed by atoms with E-state index in [-0.39, 0.29) is 11.5 Å². The van der Waals surface area contributed by atoms with Crippen LogP contribution in [-0.2, 0) is 0 Å². The Labute approximate surface area is 115 Å². The first-order valence-electron chi connectivity index (χ1n) is 6.88. The molecule has 2 saturated heterocycles. The summed E-state index contributed by atoms with van der Waals surface area (Å²) in [4.78, 5) is 14.6. The fourth-order valence-electron chi connectivity index (χ4n) is 3.56. The number of carbonyl (C=O) groups is 1. The van der Waals surface area contributed by atoms with Gasteiger partial charge in [0.2, 0.25) is 0 Å². The lowest BCUT2D eigenvalue weighted by molar-refractivity contribution is 0.0762. The van der Waals surface area contributed by atoms with Crippen molar-refractivity contribution in [1.29, 1.82) is 0 Å². The predicted molar refractivity (Wildman–Crippen MR) is 67.9 cm³/mol. The van der Waals surface area contributed by atoms with Crippen LogP contribution in [0.25, 0.3) is 0 Å². The van der Waals surface area contributed by atoms with Crippen molar-refractivity contribution in [3.8, 4) is 0 Å². The maximum atomic E-state index is 13.7. The van der Waals surface area contributed by atoms with Crippen LogP contribution >= 0.6 is 0 Å². The highest BCUT2D eigenvalue weighted by molar-refractivity contribution is 5.98. The maximum absolute atomic E-state index is 13.7. The van der Waals surface area contributed by atoms with E-state index in [4.69, 9.17) is 0 Å². The summed E-state index contributed by atoms with van der Waals surface area (Å²) in [6.07, 6.45) is 3.44. The number of hydrogen-bond donors (Lipinski definition) is 0. The van der Waals surface area contributed by atoms with Crippen LogP contribution in [0.1, 0.15) is 36.0 Å². The first-order valence-corrected chi connectivity index (χ1v) is 6.88. The average Bonchev–Trinajstić information content (AvgIpc) is 2.66. The number of hydrogen-bond acceptors (Lipinski definition) is 2. The molecule has 2 fully saturated rings. The number of nitrogens with zero attached hydrogens (tertiary/aromatic N) is 1. The van der Waals surface area contributed by atoms with Crippen molar-refractivity contribution in [2.45, 2.75) is 37.8 Å². The van der Waals surface area contributed by atoms with Crippen molar-refractivity contribution in [2.24, 2.45) is 5.92 Å². The van der Waals surface area contributed by atoms with Crippen molar-refractivity contribution in [3.63, 3.8) is 0 Å². The van der Waals surface area contributed by atoms with E-state index >= 15 is 0 Å². The van der Waals surface area contributed by atoms with Crippen LogP contribution in [0.15, 0.2) is 12.1 Å². The second kappa shape index (κ2) is 4.88. The van der Waals surface area contributed by atoms with Gasteiger partial charge in [0.05, 0.1) is 5.56 Å². The third kappa shape index (κ3) is 2.04. The normalized spacial score (nSPS) is 29.7. The molecule has 2 atom stereocenters. The van der Waals surface area contributed by atoms with Gasteiger partial charge in [-0.2, -0.15) is 0 Å². The van der Waals surface area contributed by atoms with Gasteiger partial charge in [-0.25, -0.2) is 13.2 Å². The standard InChI is InChI=1S/C15H16F3NO/c1-19-9-2-3-10(19)7-8(6-9)15(20)11-4-5-12(16)14(18)13(11)17/h4-5,8-10H,2-3,6-7H2,1H3. The van der Waals surface area contributed by atoms with E-state index in [0.29, 0.717) is 24.9 Å². The van der Waals surface area contributed by atoms with E-state index in [9.17, 15) is 18.0 Å². The Morgan fingerprint density at radius 2 is 1.70 bits per heavy atom. The molecule has 1 aromatic rings. The molecule has 0 saturated carbocycles. The van der Waals surface area contributed by atoms with E-state index < -0.39 is 23.2 Å². The van der Waals surface area contributed by atoms with E-state index in [1.807, 2.05) is 7.05 Å². The first-order chi connectivity index (χ1) is 9.49. The quantitative estimate of drug-likeness (QED) is 0.614. The maximum Gasteiger partial charge on any atom is 0.195 e. The molecule has 3 rings (SSSR count). The minimum Gasteiger partial charge on any atom is -0.300 e. The first kappa shape index (κ1) is 13.6. The van der Waals surface area contributed by atoms with Gasteiger partial charge in [0, 0.05) is 18.0 Å². The molecule has 2 bridgehead atoms. The summed E-state index contributed by atoms with van der Waals surface area (Å²) in [5.74, 6) is -4.87. The molecule has 0 radical (unpaired) electrons. The number of fused-ring (bicyclic) bond motifs is 2. The number of carbonyl (C=O) groups excluding carboxylic acids is 1. The SMILES string of the molecule is CN1C2CCC1CC(C(=O)c1ccc(F)c(F)c1F)C2. The number of halogens is 3. The Kier molecular flexibility index (Phi) is 3.32. The van der Waals surface area contributed by atoms with Gasteiger partial charge in [0.1, 0.15) is 0 Å². The monoisotopic (exact) mass is 283 g/mol. The van der Waals surface area contributed by atoms with Crippen LogP contribution in [0.4, 0.5) is 13.2 Å². The van der Waals surface area contributed by atoms with Crippen LogP contribution in [0, 0.1) is 23.4 Å². The Balaban J connectivity index is 1.85. The number of piperidine rings is 1. The van der Waals surface area contributed by atoms with Gasteiger partial charge in [-0.15, -0.1) is 0 Å². The van der Waals surface area contributed by atoms with Gasteiger partial charge in [-0.1, -0.05) is 0 Å². The lowest BCUT2D eigenvalue weighted by Gasteiger charge is -2.35. The number of benzene rings is 1. The Morgan fingerprint density at radius 1 is 1.10 bits per heavy atom. The second-order valence-electron chi connectivity index (χ2n) is 5.81. The highest BCUT2D eigenvalue weighted by Gasteiger charge is 2.41. The predicted octanol–water partition coefficient (Wildman–Crippen LogP) is 3.16. The van der Waals surface area contributed by atoms with Gasteiger partial charge in [-0.3, -0.25) is 4.79 Å². The van der Waals surface area contributed by atoms with Crippen molar-refractivity contribution >= 4 is 5.78 Å². The lowest BCUT2D eigenvalue weighted by atomic mass is 9.85. The largest absolute Gasteiger partial charge is 0.300 e. The zero-order valence-corrected chi connectivity index (χ0v) is 11.2. The molecule has 0 aliphatic carbocycles. The molecule has 0 spiro atoms. The van der Waals surface area contributed by atoms with Crippen LogP contribution in [0.2, 0.25) is 0 Å². The van der Waals surface area contributed by atoms with E-state index in [2.05, 4.69) is 4.90 Å². The molecule has 0 aromatic heterocycles. The number of ketones is 1. The number of rotatable bonds is 2. The molecular weight excluding hydrogens is 267 g/mol. The molecular formula is C15H16F3NO. The van der Waals surface area contributed by atoms with Gasteiger partial charge in [0.25, 0.3) is 0 Å². The van der Waals surface area contributed by atoms with Gasteiger partial charge < -0.3 is 4.90 Å². The van der Waals surface area contributed by atoms with Crippen LogP contribution in [0.5, 0.6) is 0 Å². The van der Waals surface area contributed by atoms with Crippen molar-refractivity contribution in [1.82, 2.24) is 4.90 Å². The molecule has 0 N–H and O–H groups in total. The van der Waals surface area contributed by atoms with Crippen molar-refractivity contribution in [2.75, 3.05) is 7.05 Å². The zero-order valence-electron chi connectivity index (χ0n) is 11.2. The molecule has 2 unspecified atom stereocenters. The molecule has 2 aliphatic rings. The van der Waals surface area contributed by atoms with Crippen LogP contribution < -0.4 is 0 Å². The molecule has 2 aliphatic heterocycles.